The molecular weight excluding hydrogens is 454 g/mol. The smallest absolute Gasteiger partial charge is 0.336 e. The van der Waals surface area contributed by atoms with Crippen LogP contribution in [0.15, 0.2) is 92.4 Å². The lowest BCUT2D eigenvalue weighted by Gasteiger charge is -2.07. The minimum Gasteiger partial charge on any atom is -0.457 e. The topological polar surface area (TPSA) is 77.3 Å². The third kappa shape index (κ3) is 5.24. The summed E-state index contributed by atoms with van der Waals surface area (Å²) in [4.78, 5) is 11.9. The Bertz CT molecular complexity index is 1450. The first-order chi connectivity index (χ1) is 16.1. The number of anilines is 2. The van der Waals surface area contributed by atoms with Crippen molar-refractivity contribution in [1.82, 2.24) is 10.2 Å². The van der Waals surface area contributed by atoms with E-state index in [-0.39, 0.29) is 5.63 Å². The highest BCUT2D eigenvalue weighted by molar-refractivity contribution is 8.00. The SMILES string of the molecule is Cc1ccc2c(CSc3nnc(Nc4ccc(Oc5ccccc5)cc4)s3)cc(=O)oc2c1. The van der Waals surface area contributed by atoms with Gasteiger partial charge in [0.25, 0.3) is 0 Å². The lowest BCUT2D eigenvalue weighted by molar-refractivity contribution is 0.483. The quantitative estimate of drug-likeness (QED) is 0.206. The zero-order valence-electron chi connectivity index (χ0n) is 17.6. The van der Waals surface area contributed by atoms with Crippen molar-refractivity contribution in [1.29, 1.82) is 0 Å². The second kappa shape index (κ2) is 9.48. The summed E-state index contributed by atoms with van der Waals surface area (Å²) in [5.74, 6) is 2.16. The third-order valence-corrected chi connectivity index (χ3v) is 6.85. The van der Waals surface area contributed by atoms with Gasteiger partial charge in [-0.1, -0.05) is 53.4 Å². The van der Waals surface area contributed by atoms with Gasteiger partial charge in [0, 0.05) is 22.9 Å². The molecule has 0 amide bonds. The Labute approximate surface area is 198 Å². The molecule has 0 saturated heterocycles. The van der Waals surface area contributed by atoms with Gasteiger partial charge < -0.3 is 14.5 Å². The number of thioether (sulfide) groups is 1. The number of hydrogen-bond donors (Lipinski definition) is 1. The van der Waals surface area contributed by atoms with Crippen molar-refractivity contribution in [3.8, 4) is 11.5 Å². The summed E-state index contributed by atoms with van der Waals surface area (Å²) < 4.78 is 12.0. The monoisotopic (exact) mass is 473 g/mol. The van der Waals surface area contributed by atoms with Crippen LogP contribution in [0, 0.1) is 6.92 Å². The molecule has 0 unspecified atom stereocenters. The highest BCUT2D eigenvalue weighted by Gasteiger charge is 2.10. The lowest BCUT2D eigenvalue weighted by Crippen LogP contribution is -2.00. The van der Waals surface area contributed by atoms with Crippen LogP contribution in [0.5, 0.6) is 11.5 Å². The third-order valence-electron chi connectivity index (χ3n) is 4.83. The van der Waals surface area contributed by atoms with E-state index in [4.69, 9.17) is 9.15 Å². The number of aryl methyl sites for hydroxylation is 1. The molecule has 0 aliphatic carbocycles. The van der Waals surface area contributed by atoms with Crippen molar-refractivity contribution in [2.24, 2.45) is 0 Å². The highest BCUT2D eigenvalue weighted by Crippen LogP contribution is 2.32. The van der Waals surface area contributed by atoms with Crippen LogP contribution in [0.4, 0.5) is 10.8 Å². The molecule has 8 heteroatoms. The van der Waals surface area contributed by atoms with Gasteiger partial charge in [-0.05, 0) is 60.5 Å². The molecule has 1 N–H and O–H groups in total. The molecule has 3 aromatic carbocycles. The molecule has 0 radical (unpaired) electrons. The normalized spacial score (nSPS) is 10.9. The fourth-order valence-electron chi connectivity index (χ4n) is 3.27. The van der Waals surface area contributed by atoms with E-state index in [0.717, 1.165) is 38.0 Å². The summed E-state index contributed by atoms with van der Waals surface area (Å²) in [7, 11) is 0. The van der Waals surface area contributed by atoms with E-state index in [0.29, 0.717) is 16.5 Å². The summed E-state index contributed by atoms with van der Waals surface area (Å²) in [5.41, 5.74) is 3.13. The van der Waals surface area contributed by atoms with Crippen LogP contribution in [0.2, 0.25) is 0 Å². The van der Waals surface area contributed by atoms with E-state index in [1.165, 1.54) is 11.3 Å². The Hall–Kier alpha value is -3.62. The molecule has 0 fully saturated rings. The molecule has 5 rings (SSSR count). The standard InChI is InChI=1S/C25H19N3O3S2/c1-16-7-12-21-17(14-23(29)31-22(21)13-16)15-32-25-28-27-24(33-25)26-18-8-10-20(11-9-18)30-19-5-3-2-4-6-19/h2-14H,15H2,1H3,(H,26,27). The van der Waals surface area contributed by atoms with Gasteiger partial charge in [0.1, 0.15) is 17.1 Å². The number of hydrogen-bond acceptors (Lipinski definition) is 8. The van der Waals surface area contributed by atoms with E-state index in [2.05, 4.69) is 15.5 Å². The van der Waals surface area contributed by atoms with Crippen molar-refractivity contribution < 1.29 is 9.15 Å². The summed E-state index contributed by atoms with van der Waals surface area (Å²) >= 11 is 3.00. The molecule has 0 spiro atoms. The zero-order valence-corrected chi connectivity index (χ0v) is 19.3. The number of para-hydroxylation sites is 1. The molecule has 0 bridgehead atoms. The second-order valence-electron chi connectivity index (χ2n) is 7.32. The average molecular weight is 474 g/mol. The lowest BCUT2D eigenvalue weighted by atomic mass is 10.1. The van der Waals surface area contributed by atoms with Crippen molar-refractivity contribution in [3.05, 3.63) is 100 Å². The first kappa shape index (κ1) is 21.2. The minimum absolute atomic E-state index is 0.344. The zero-order chi connectivity index (χ0) is 22.6. The van der Waals surface area contributed by atoms with Gasteiger partial charge in [-0.3, -0.25) is 0 Å². The van der Waals surface area contributed by atoms with Gasteiger partial charge in [0.15, 0.2) is 4.34 Å². The number of aromatic nitrogens is 2. The molecule has 0 aliphatic rings. The van der Waals surface area contributed by atoms with Crippen molar-refractivity contribution in [2.45, 2.75) is 17.0 Å². The molecule has 33 heavy (non-hydrogen) atoms. The Balaban J connectivity index is 1.23. The molecule has 0 saturated carbocycles. The number of nitrogens with one attached hydrogen (secondary N) is 1. The number of benzene rings is 3. The molecular formula is C25H19N3O3S2. The predicted molar refractivity (Wildman–Crippen MR) is 133 cm³/mol. The molecule has 2 heterocycles. The van der Waals surface area contributed by atoms with Gasteiger partial charge >= 0.3 is 5.63 Å². The summed E-state index contributed by atoms with van der Waals surface area (Å²) in [5, 5.41) is 13.4. The predicted octanol–water partition coefficient (Wildman–Crippen LogP) is 6.78. The minimum atomic E-state index is -0.344. The maximum absolute atomic E-state index is 11.9. The van der Waals surface area contributed by atoms with E-state index < -0.39 is 0 Å². The van der Waals surface area contributed by atoms with Crippen LogP contribution in [0.1, 0.15) is 11.1 Å². The van der Waals surface area contributed by atoms with Gasteiger partial charge in [-0.2, -0.15) is 0 Å². The van der Waals surface area contributed by atoms with E-state index in [1.54, 1.807) is 17.8 Å². The Morgan fingerprint density at radius 2 is 1.76 bits per heavy atom. The summed E-state index contributed by atoms with van der Waals surface area (Å²) in [6, 6.07) is 24.8. The Morgan fingerprint density at radius 3 is 2.58 bits per heavy atom. The Morgan fingerprint density at radius 1 is 0.970 bits per heavy atom. The molecule has 5 aromatic rings. The van der Waals surface area contributed by atoms with Crippen LogP contribution in [0.25, 0.3) is 11.0 Å². The largest absolute Gasteiger partial charge is 0.457 e. The van der Waals surface area contributed by atoms with E-state index in [1.807, 2.05) is 79.7 Å². The molecule has 0 atom stereocenters. The first-order valence-electron chi connectivity index (χ1n) is 10.2. The van der Waals surface area contributed by atoms with Crippen LogP contribution < -0.4 is 15.7 Å². The molecule has 2 aromatic heterocycles. The first-order valence-corrected chi connectivity index (χ1v) is 12.0. The molecule has 0 aliphatic heterocycles. The summed E-state index contributed by atoms with van der Waals surface area (Å²) in [6.45, 7) is 1.97. The maximum Gasteiger partial charge on any atom is 0.336 e. The van der Waals surface area contributed by atoms with Crippen molar-refractivity contribution >= 4 is 44.9 Å². The van der Waals surface area contributed by atoms with Crippen molar-refractivity contribution in [2.75, 3.05) is 5.32 Å². The van der Waals surface area contributed by atoms with E-state index in [9.17, 15) is 4.79 Å². The molecule has 164 valence electrons. The number of nitrogens with zero attached hydrogens (tertiary/aromatic N) is 2. The van der Waals surface area contributed by atoms with Crippen LogP contribution >= 0.6 is 23.1 Å². The van der Waals surface area contributed by atoms with Gasteiger partial charge in [-0.15, -0.1) is 10.2 Å². The molecule has 6 nitrogen and oxygen atoms in total. The number of rotatable bonds is 7. The van der Waals surface area contributed by atoms with Gasteiger partial charge in [0.05, 0.1) is 0 Å². The fourth-order valence-corrected chi connectivity index (χ4v) is 5.03. The number of ether oxygens (including phenoxy) is 1. The van der Waals surface area contributed by atoms with Crippen LogP contribution in [-0.2, 0) is 5.75 Å². The number of fused-ring (bicyclic) bond motifs is 1. The van der Waals surface area contributed by atoms with Crippen molar-refractivity contribution in [3.63, 3.8) is 0 Å². The fraction of sp³-hybridized carbons (Fsp3) is 0.0800. The second-order valence-corrected chi connectivity index (χ2v) is 9.52. The van der Waals surface area contributed by atoms with E-state index >= 15 is 0 Å². The van der Waals surface area contributed by atoms with Gasteiger partial charge in [0.2, 0.25) is 5.13 Å². The average Bonchev–Trinajstić information content (AvgIpc) is 3.26. The van der Waals surface area contributed by atoms with Crippen LogP contribution in [0.3, 0.4) is 0 Å². The van der Waals surface area contributed by atoms with Crippen LogP contribution in [-0.4, -0.2) is 10.2 Å². The van der Waals surface area contributed by atoms with Gasteiger partial charge in [-0.25, -0.2) is 4.79 Å². The Kier molecular flexibility index (Phi) is 6.10. The highest BCUT2D eigenvalue weighted by atomic mass is 32.2. The summed E-state index contributed by atoms with van der Waals surface area (Å²) in [6.07, 6.45) is 0. The maximum atomic E-state index is 11.9.